The van der Waals surface area contributed by atoms with Crippen LogP contribution in [0.4, 0.5) is 0 Å². The van der Waals surface area contributed by atoms with Crippen LogP contribution in [0.1, 0.15) is 32.6 Å². The van der Waals surface area contributed by atoms with Crippen molar-refractivity contribution in [1.82, 2.24) is 4.31 Å². The average Bonchev–Trinajstić information content (AvgIpc) is 2.26. The molecule has 6 heteroatoms. The summed E-state index contributed by atoms with van der Waals surface area (Å²) in [5.74, 6) is 0.159. The van der Waals surface area contributed by atoms with Crippen LogP contribution < -0.4 is 0 Å². The molecule has 0 bridgehead atoms. The Morgan fingerprint density at radius 3 is 2.47 bits per heavy atom. The van der Waals surface area contributed by atoms with E-state index in [9.17, 15) is 13.5 Å². The standard InChI is InChI=1S/C11H23NO4S/c1-3-4-9-17(14,15)12(2)10-11(13)5-7-16-8-6-11/h13H,3-10H2,1-2H3. The van der Waals surface area contributed by atoms with Gasteiger partial charge in [0.2, 0.25) is 10.0 Å². The lowest BCUT2D eigenvalue weighted by atomic mass is 9.95. The number of hydrogen-bond donors (Lipinski definition) is 1. The molecule has 1 fully saturated rings. The second kappa shape index (κ2) is 6.13. The molecule has 17 heavy (non-hydrogen) atoms. The molecule has 0 aromatic rings. The molecule has 1 heterocycles. The lowest BCUT2D eigenvalue weighted by Crippen LogP contribution is -2.47. The van der Waals surface area contributed by atoms with Crippen molar-refractivity contribution < 1.29 is 18.3 Å². The number of likely N-dealkylation sites (N-methyl/N-ethyl adjacent to an activating group) is 1. The molecule has 1 saturated heterocycles. The second-order valence-corrected chi connectivity index (χ2v) is 6.96. The molecule has 0 unspecified atom stereocenters. The van der Waals surface area contributed by atoms with Gasteiger partial charge in [-0.1, -0.05) is 13.3 Å². The van der Waals surface area contributed by atoms with Gasteiger partial charge in [-0.05, 0) is 6.42 Å². The number of rotatable bonds is 6. The van der Waals surface area contributed by atoms with Crippen LogP contribution in [-0.4, -0.2) is 56.0 Å². The Hall–Kier alpha value is -0.170. The summed E-state index contributed by atoms with van der Waals surface area (Å²) in [4.78, 5) is 0. The largest absolute Gasteiger partial charge is 0.388 e. The molecule has 5 nitrogen and oxygen atoms in total. The number of aliphatic hydroxyl groups is 1. The van der Waals surface area contributed by atoms with Gasteiger partial charge in [-0.15, -0.1) is 0 Å². The van der Waals surface area contributed by atoms with Gasteiger partial charge in [-0.25, -0.2) is 12.7 Å². The van der Waals surface area contributed by atoms with Gasteiger partial charge in [0.25, 0.3) is 0 Å². The molecule has 0 saturated carbocycles. The summed E-state index contributed by atoms with van der Waals surface area (Å²) >= 11 is 0. The first-order valence-corrected chi connectivity index (χ1v) is 7.75. The summed E-state index contributed by atoms with van der Waals surface area (Å²) in [6, 6.07) is 0. The van der Waals surface area contributed by atoms with Crippen LogP contribution >= 0.6 is 0 Å². The Morgan fingerprint density at radius 2 is 1.94 bits per heavy atom. The third-order valence-corrected chi connectivity index (χ3v) is 5.05. The van der Waals surface area contributed by atoms with Crippen LogP contribution in [0.2, 0.25) is 0 Å². The van der Waals surface area contributed by atoms with Crippen LogP contribution in [0.3, 0.4) is 0 Å². The van der Waals surface area contributed by atoms with Crippen molar-refractivity contribution in [1.29, 1.82) is 0 Å². The first kappa shape index (κ1) is 14.9. The highest BCUT2D eigenvalue weighted by Gasteiger charge is 2.34. The molecule has 1 rings (SSSR count). The maximum atomic E-state index is 11.9. The molecule has 0 amide bonds. The van der Waals surface area contributed by atoms with Crippen molar-refractivity contribution in [2.45, 2.75) is 38.2 Å². The summed E-state index contributed by atoms with van der Waals surface area (Å²) in [6.45, 7) is 3.13. The van der Waals surface area contributed by atoms with Gasteiger partial charge in [0, 0.05) is 39.6 Å². The molecular weight excluding hydrogens is 242 g/mol. The number of sulfonamides is 1. The first-order valence-electron chi connectivity index (χ1n) is 6.14. The lowest BCUT2D eigenvalue weighted by Gasteiger charge is -2.35. The first-order chi connectivity index (χ1) is 7.90. The van der Waals surface area contributed by atoms with E-state index in [0.717, 1.165) is 6.42 Å². The van der Waals surface area contributed by atoms with E-state index < -0.39 is 15.6 Å². The fourth-order valence-corrected chi connectivity index (χ4v) is 3.31. The molecule has 1 N–H and O–H groups in total. The highest BCUT2D eigenvalue weighted by atomic mass is 32.2. The molecule has 1 aliphatic rings. The molecule has 0 spiro atoms. The van der Waals surface area contributed by atoms with Crippen molar-refractivity contribution in [3.63, 3.8) is 0 Å². The third-order valence-electron chi connectivity index (χ3n) is 3.17. The molecule has 0 aromatic carbocycles. The van der Waals surface area contributed by atoms with Crippen LogP contribution in [0.25, 0.3) is 0 Å². The number of ether oxygens (including phenoxy) is 1. The minimum Gasteiger partial charge on any atom is -0.388 e. The number of unbranched alkanes of at least 4 members (excludes halogenated alkanes) is 1. The van der Waals surface area contributed by atoms with E-state index in [2.05, 4.69) is 0 Å². The normalized spacial score (nSPS) is 20.7. The SMILES string of the molecule is CCCCS(=O)(=O)N(C)CC1(O)CCOCC1. The molecular formula is C11H23NO4S. The van der Waals surface area contributed by atoms with Gasteiger partial charge in [-0.3, -0.25) is 0 Å². The fraction of sp³-hybridized carbons (Fsp3) is 1.00. The topological polar surface area (TPSA) is 66.8 Å². The second-order valence-electron chi connectivity index (χ2n) is 4.76. The zero-order valence-corrected chi connectivity index (χ0v) is 11.5. The van der Waals surface area contributed by atoms with Crippen LogP contribution in [0.15, 0.2) is 0 Å². The van der Waals surface area contributed by atoms with Crippen LogP contribution in [0.5, 0.6) is 0 Å². The number of hydrogen-bond acceptors (Lipinski definition) is 4. The maximum absolute atomic E-state index is 11.9. The molecule has 0 aromatic heterocycles. The van der Waals surface area contributed by atoms with Gasteiger partial charge in [0.15, 0.2) is 0 Å². The molecule has 0 atom stereocenters. The molecule has 102 valence electrons. The van der Waals surface area contributed by atoms with Gasteiger partial charge >= 0.3 is 0 Å². The van der Waals surface area contributed by atoms with Crippen molar-refractivity contribution in [2.24, 2.45) is 0 Å². The van der Waals surface area contributed by atoms with Crippen molar-refractivity contribution in [2.75, 3.05) is 32.6 Å². The Kier molecular flexibility index (Phi) is 5.37. The molecule has 0 radical (unpaired) electrons. The van der Waals surface area contributed by atoms with E-state index in [1.165, 1.54) is 4.31 Å². The summed E-state index contributed by atoms with van der Waals surface area (Å²) in [5, 5.41) is 10.2. The summed E-state index contributed by atoms with van der Waals surface area (Å²) in [5.41, 5.74) is -0.924. The predicted molar refractivity (Wildman–Crippen MR) is 66.3 cm³/mol. The molecule has 0 aliphatic carbocycles. The lowest BCUT2D eigenvalue weighted by molar-refractivity contribution is -0.0689. The Morgan fingerprint density at radius 1 is 1.35 bits per heavy atom. The minimum absolute atomic E-state index is 0.159. The smallest absolute Gasteiger partial charge is 0.213 e. The van der Waals surface area contributed by atoms with Gasteiger partial charge in [-0.2, -0.15) is 0 Å². The highest BCUT2D eigenvalue weighted by Crippen LogP contribution is 2.22. The molecule has 1 aliphatic heterocycles. The van der Waals surface area contributed by atoms with Gasteiger partial charge < -0.3 is 9.84 Å². The summed E-state index contributed by atoms with van der Waals surface area (Å²) < 4.78 is 30.2. The van der Waals surface area contributed by atoms with Gasteiger partial charge in [0.05, 0.1) is 11.4 Å². The Balaban J connectivity index is 2.55. The van der Waals surface area contributed by atoms with Crippen molar-refractivity contribution in [3.8, 4) is 0 Å². The average molecular weight is 265 g/mol. The van der Waals surface area contributed by atoms with Crippen molar-refractivity contribution in [3.05, 3.63) is 0 Å². The zero-order chi connectivity index (χ0) is 12.9. The predicted octanol–water partition coefficient (Wildman–Crippen LogP) is 0.590. The minimum atomic E-state index is -3.23. The zero-order valence-electron chi connectivity index (χ0n) is 10.7. The van der Waals surface area contributed by atoms with E-state index in [1.807, 2.05) is 6.92 Å². The quantitative estimate of drug-likeness (QED) is 0.763. The van der Waals surface area contributed by atoms with E-state index >= 15 is 0 Å². The highest BCUT2D eigenvalue weighted by molar-refractivity contribution is 7.89. The van der Waals surface area contributed by atoms with Crippen molar-refractivity contribution >= 4 is 10.0 Å². The Labute approximate surface area is 104 Å². The maximum Gasteiger partial charge on any atom is 0.213 e. The fourth-order valence-electron chi connectivity index (χ4n) is 1.90. The van der Waals surface area contributed by atoms with E-state index in [-0.39, 0.29) is 12.3 Å². The monoisotopic (exact) mass is 265 g/mol. The van der Waals surface area contributed by atoms with Crippen LogP contribution in [-0.2, 0) is 14.8 Å². The van der Waals surface area contributed by atoms with Gasteiger partial charge in [0.1, 0.15) is 0 Å². The summed E-state index contributed by atoms with van der Waals surface area (Å²) in [7, 11) is -1.69. The van der Waals surface area contributed by atoms with E-state index in [4.69, 9.17) is 4.74 Å². The van der Waals surface area contributed by atoms with Crippen LogP contribution in [0, 0.1) is 0 Å². The van der Waals surface area contributed by atoms with E-state index in [0.29, 0.717) is 32.5 Å². The summed E-state index contributed by atoms with van der Waals surface area (Å²) in [6.07, 6.45) is 2.51. The number of nitrogens with zero attached hydrogens (tertiary/aromatic N) is 1. The Bertz CT molecular complexity index is 322. The van der Waals surface area contributed by atoms with E-state index in [1.54, 1.807) is 7.05 Å². The third kappa shape index (κ3) is 4.54.